The van der Waals surface area contributed by atoms with E-state index in [1.165, 1.54) is 35.6 Å². The predicted octanol–water partition coefficient (Wildman–Crippen LogP) is 1.09. The van der Waals surface area contributed by atoms with Crippen molar-refractivity contribution in [3.05, 3.63) is 29.8 Å². The van der Waals surface area contributed by atoms with Gasteiger partial charge in [0, 0.05) is 39.4 Å². The second-order valence-electron chi connectivity index (χ2n) is 5.41. The molecule has 1 aliphatic heterocycles. The van der Waals surface area contributed by atoms with E-state index in [1.807, 2.05) is 0 Å². The summed E-state index contributed by atoms with van der Waals surface area (Å²) in [5.74, 6) is 0.191. The second kappa shape index (κ2) is 7.21. The number of amides is 1. The van der Waals surface area contributed by atoms with E-state index in [-0.39, 0.29) is 10.8 Å². The Morgan fingerprint density at radius 3 is 2.36 bits per heavy atom. The lowest BCUT2D eigenvalue weighted by Gasteiger charge is -2.30. The number of ether oxygens (including phenoxy) is 1. The smallest absolute Gasteiger partial charge is 0.251 e. The molecule has 1 saturated heterocycles. The highest BCUT2D eigenvalue weighted by Gasteiger charge is 2.29. The lowest BCUT2D eigenvalue weighted by Crippen LogP contribution is -2.39. The van der Waals surface area contributed by atoms with Crippen molar-refractivity contribution in [1.82, 2.24) is 9.62 Å². The molecule has 1 aromatic carbocycles. The van der Waals surface area contributed by atoms with Crippen LogP contribution >= 0.6 is 0 Å². The fourth-order valence-corrected chi connectivity index (χ4v) is 4.09. The summed E-state index contributed by atoms with van der Waals surface area (Å²) in [5, 5.41) is 2.51. The van der Waals surface area contributed by atoms with Crippen LogP contribution in [0.5, 0.6) is 0 Å². The number of benzene rings is 1. The zero-order valence-electron chi connectivity index (χ0n) is 12.9. The number of rotatable bonds is 5. The summed E-state index contributed by atoms with van der Waals surface area (Å²) in [6.45, 7) is 1.69. The molecule has 0 bridgehead atoms. The van der Waals surface area contributed by atoms with Gasteiger partial charge in [-0.3, -0.25) is 4.79 Å². The second-order valence-corrected chi connectivity index (χ2v) is 7.34. The molecule has 0 saturated carbocycles. The highest BCUT2D eigenvalue weighted by Crippen LogP contribution is 2.24. The van der Waals surface area contributed by atoms with Crippen LogP contribution in [-0.2, 0) is 14.8 Å². The van der Waals surface area contributed by atoms with Crippen LogP contribution in [0.2, 0.25) is 0 Å². The van der Waals surface area contributed by atoms with Gasteiger partial charge in [-0.25, -0.2) is 8.42 Å². The Balaban J connectivity index is 2.09. The van der Waals surface area contributed by atoms with Gasteiger partial charge in [0.15, 0.2) is 0 Å². The minimum atomic E-state index is -3.49. The van der Waals surface area contributed by atoms with E-state index in [1.54, 1.807) is 7.11 Å². The van der Waals surface area contributed by atoms with Gasteiger partial charge in [0.25, 0.3) is 5.91 Å². The summed E-state index contributed by atoms with van der Waals surface area (Å²) in [6, 6.07) is 6.04. The molecule has 1 aliphatic rings. The van der Waals surface area contributed by atoms with Gasteiger partial charge in [-0.15, -0.1) is 0 Å². The van der Waals surface area contributed by atoms with Crippen LogP contribution in [0.3, 0.4) is 0 Å². The highest BCUT2D eigenvalue weighted by atomic mass is 32.2. The molecule has 1 heterocycles. The molecule has 0 radical (unpaired) electrons. The largest absolute Gasteiger partial charge is 0.384 e. The van der Waals surface area contributed by atoms with E-state index in [0.717, 1.165) is 12.8 Å². The molecule has 22 heavy (non-hydrogen) atoms. The van der Waals surface area contributed by atoms with Crippen molar-refractivity contribution in [2.75, 3.05) is 33.9 Å². The summed E-state index contributed by atoms with van der Waals surface area (Å²) >= 11 is 0. The normalized spacial score (nSPS) is 17.4. The first kappa shape index (κ1) is 16.9. The van der Waals surface area contributed by atoms with Gasteiger partial charge in [-0.05, 0) is 43.0 Å². The summed E-state index contributed by atoms with van der Waals surface area (Å²) in [5.41, 5.74) is 0.445. The van der Waals surface area contributed by atoms with Crippen LogP contribution in [0, 0.1) is 5.92 Å². The summed E-state index contributed by atoms with van der Waals surface area (Å²) in [7, 11) is -0.286. The van der Waals surface area contributed by atoms with Gasteiger partial charge < -0.3 is 10.1 Å². The standard InChI is InChI=1S/C15H22N2O4S/c1-16-15(18)13-3-5-14(6-4-13)22(19,20)17-9-7-12(8-10-17)11-21-2/h3-6,12H,7-11H2,1-2H3,(H,16,18). The van der Waals surface area contributed by atoms with Gasteiger partial charge in [-0.2, -0.15) is 4.31 Å². The molecule has 0 unspecified atom stereocenters. The SMILES string of the molecule is CNC(=O)c1ccc(S(=O)(=O)N2CCC(COC)CC2)cc1. The Morgan fingerprint density at radius 2 is 1.86 bits per heavy atom. The topological polar surface area (TPSA) is 75.7 Å². The maximum absolute atomic E-state index is 12.6. The number of hydrogen-bond acceptors (Lipinski definition) is 4. The average Bonchev–Trinajstić information content (AvgIpc) is 2.55. The van der Waals surface area contributed by atoms with Gasteiger partial charge in [-0.1, -0.05) is 0 Å². The van der Waals surface area contributed by atoms with Crippen molar-refractivity contribution in [3.63, 3.8) is 0 Å². The molecule has 1 N–H and O–H groups in total. The number of hydrogen-bond donors (Lipinski definition) is 1. The quantitative estimate of drug-likeness (QED) is 0.879. The molecular formula is C15H22N2O4S. The number of sulfonamides is 1. The van der Waals surface area contributed by atoms with E-state index in [4.69, 9.17) is 4.74 Å². The predicted molar refractivity (Wildman–Crippen MR) is 83.2 cm³/mol. The van der Waals surface area contributed by atoms with Gasteiger partial charge in [0.1, 0.15) is 0 Å². The van der Waals surface area contributed by atoms with E-state index >= 15 is 0 Å². The minimum absolute atomic E-state index is 0.227. The molecule has 1 aromatic rings. The highest BCUT2D eigenvalue weighted by molar-refractivity contribution is 7.89. The van der Waals surface area contributed by atoms with E-state index < -0.39 is 10.0 Å². The van der Waals surface area contributed by atoms with E-state index in [0.29, 0.717) is 31.2 Å². The summed E-state index contributed by atoms with van der Waals surface area (Å²) in [6.07, 6.45) is 1.62. The number of methoxy groups -OCH3 is 1. The number of carbonyl (C=O) groups is 1. The van der Waals surface area contributed by atoms with Crippen LogP contribution in [-0.4, -0.2) is 52.5 Å². The van der Waals surface area contributed by atoms with E-state index in [2.05, 4.69) is 5.32 Å². The van der Waals surface area contributed by atoms with Crippen LogP contribution < -0.4 is 5.32 Å². The van der Waals surface area contributed by atoms with Crippen molar-refractivity contribution in [2.45, 2.75) is 17.7 Å². The monoisotopic (exact) mass is 326 g/mol. The van der Waals surface area contributed by atoms with Crippen molar-refractivity contribution < 1.29 is 17.9 Å². The van der Waals surface area contributed by atoms with Crippen LogP contribution in [0.4, 0.5) is 0 Å². The Kier molecular flexibility index (Phi) is 5.55. The number of nitrogens with zero attached hydrogens (tertiary/aromatic N) is 1. The molecular weight excluding hydrogens is 304 g/mol. The third-order valence-electron chi connectivity index (χ3n) is 3.96. The summed E-state index contributed by atoms with van der Waals surface area (Å²) < 4.78 is 31.8. The van der Waals surface area contributed by atoms with E-state index in [9.17, 15) is 13.2 Å². The zero-order valence-corrected chi connectivity index (χ0v) is 13.7. The minimum Gasteiger partial charge on any atom is -0.384 e. The number of carbonyl (C=O) groups excluding carboxylic acids is 1. The molecule has 0 spiro atoms. The van der Waals surface area contributed by atoms with Crippen LogP contribution in [0.25, 0.3) is 0 Å². The molecule has 7 heteroatoms. The molecule has 6 nitrogen and oxygen atoms in total. The molecule has 0 aliphatic carbocycles. The fourth-order valence-electron chi connectivity index (χ4n) is 2.62. The lowest BCUT2D eigenvalue weighted by molar-refractivity contribution is 0.0963. The Labute approximate surface area is 131 Å². The first-order valence-electron chi connectivity index (χ1n) is 7.30. The van der Waals surface area contributed by atoms with Crippen molar-refractivity contribution in [3.8, 4) is 0 Å². The third kappa shape index (κ3) is 3.66. The molecule has 2 rings (SSSR count). The Morgan fingerprint density at radius 1 is 1.27 bits per heavy atom. The third-order valence-corrected chi connectivity index (χ3v) is 5.87. The van der Waals surface area contributed by atoms with Crippen molar-refractivity contribution in [1.29, 1.82) is 0 Å². The Hall–Kier alpha value is -1.44. The van der Waals surface area contributed by atoms with Crippen LogP contribution in [0.15, 0.2) is 29.2 Å². The maximum atomic E-state index is 12.6. The fraction of sp³-hybridized carbons (Fsp3) is 0.533. The molecule has 1 amide bonds. The number of piperidine rings is 1. The first-order chi connectivity index (χ1) is 10.5. The van der Waals surface area contributed by atoms with Crippen molar-refractivity contribution in [2.24, 2.45) is 5.92 Å². The van der Waals surface area contributed by atoms with Crippen LogP contribution in [0.1, 0.15) is 23.2 Å². The average molecular weight is 326 g/mol. The summed E-state index contributed by atoms with van der Waals surface area (Å²) in [4.78, 5) is 11.7. The molecule has 0 aromatic heterocycles. The Bertz CT molecular complexity index is 605. The van der Waals surface area contributed by atoms with Crippen molar-refractivity contribution >= 4 is 15.9 Å². The van der Waals surface area contributed by atoms with Gasteiger partial charge in [0.2, 0.25) is 10.0 Å². The maximum Gasteiger partial charge on any atom is 0.251 e. The first-order valence-corrected chi connectivity index (χ1v) is 8.74. The molecule has 0 atom stereocenters. The molecule has 122 valence electrons. The van der Waals surface area contributed by atoms with Gasteiger partial charge in [0.05, 0.1) is 4.90 Å². The number of nitrogens with one attached hydrogen (secondary N) is 1. The van der Waals surface area contributed by atoms with Gasteiger partial charge >= 0.3 is 0 Å². The molecule has 1 fully saturated rings. The zero-order chi connectivity index (χ0) is 16.2. The lowest BCUT2D eigenvalue weighted by atomic mass is 9.99.